The second kappa shape index (κ2) is 3.98. The van der Waals surface area contributed by atoms with E-state index >= 15 is 0 Å². The highest BCUT2D eigenvalue weighted by Crippen LogP contribution is 2.37. The van der Waals surface area contributed by atoms with E-state index in [2.05, 4.69) is 5.32 Å². The minimum atomic E-state index is 0.00709. The Morgan fingerprint density at radius 3 is 2.94 bits per heavy atom. The lowest BCUT2D eigenvalue weighted by atomic mass is 9.72. The topological polar surface area (TPSA) is 73.6 Å². The third kappa shape index (κ3) is 1.54. The summed E-state index contributed by atoms with van der Waals surface area (Å²) >= 11 is 0. The second-order valence-corrected chi connectivity index (χ2v) is 4.96. The highest BCUT2D eigenvalue weighted by molar-refractivity contribution is 5.79. The largest absolute Gasteiger partial charge is 0.381 e. The molecule has 3 N–H and O–H groups in total. The van der Waals surface area contributed by atoms with Crippen molar-refractivity contribution in [3.8, 4) is 0 Å². The molecule has 3 rings (SSSR count). The third-order valence-electron chi connectivity index (χ3n) is 4.06. The van der Waals surface area contributed by atoms with Gasteiger partial charge in [0.1, 0.15) is 0 Å². The SMILES string of the molecule is NC1C2CCOC2C1NC(=O)C1CCOC1. The van der Waals surface area contributed by atoms with E-state index in [1.54, 1.807) is 0 Å². The van der Waals surface area contributed by atoms with Crippen molar-refractivity contribution in [2.24, 2.45) is 17.6 Å². The van der Waals surface area contributed by atoms with Gasteiger partial charge in [-0.05, 0) is 12.8 Å². The first-order valence-electron chi connectivity index (χ1n) is 6.02. The maximum Gasteiger partial charge on any atom is 0.225 e. The Kier molecular flexibility index (Phi) is 2.61. The van der Waals surface area contributed by atoms with E-state index in [0.717, 1.165) is 19.4 Å². The molecule has 0 aromatic heterocycles. The zero-order valence-corrected chi connectivity index (χ0v) is 9.22. The first-order valence-corrected chi connectivity index (χ1v) is 6.02. The highest BCUT2D eigenvalue weighted by Gasteiger charge is 2.53. The smallest absolute Gasteiger partial charge is 0.225 e. The van der Waals surface area contributed by atoms with Crippen LogP contribution in [0.25, 0.3) is 0 Å². The summed E-state index contributed by atoms with van der Waals surface area (Å²) in [7, 11) is 0. The first-order chi connectivity index (χ1) is 7.77. The van der Waals surface area contributed by atoms with Crippen LogP contribution in [0.3, 0.4) is 0 Å². The summed E-state index contributed by atoms with van der Waals surface area (Å²) in [6.45, 7) is 2.02. The van der Waals surface area contributed by atoms with E-state index in [1.165, 1.54) is 0 Å². The van der Waals surface area contributed by atoms with Gasteiger partial charge in [0.2, 0.25) is 5.91 Å². The molecule has 90 valence electrons. The number of ether oxygens (including phenoxy) is 2. The molecule has 5 atom stereocenters. The normalized spacial score (nSPS) is 46.2. The summed E-state index contributed by atoms with van der Waals surface area (Å²) < 4.78 is 10.8. The number of carbonyl (C=O) groups is 1. The molecule has 3 aliphatic rings. The summed E-state index contributed by atoms with van der Waals surface area (Å²) in [6, 6.07) is 0.0828. The van der Waals surface area contributed by atoms with Gasteiger partial charge in [0.05, 0.1) is 24.7 Å². The van der Waals surface area contributed by atoms with Crippen molar-refractivity contribution in [3.63, 3.8) is 0 Å². The van der Waals surface area contributed by atoms with Gasteiger partial charge < -0.3 is 20.5 Å². The molecule has 1 amide bonds. The van der Waals surface area contributed by atoms with Crippen LogP contribution in [0.4, 0.5) is 0 Å². The van der Waals surface area contributed by atoms with Crippen LogP contribution < -0.4 is 11.1 Å². The van der Waals surface area contributed by atoms with E-state index in [4.69, 9.17) is 15.2 Å². The minimum Gasteiger partial charge on any atom is -0.381 e. The lowest BCUT2D eigenvalue weighted by molar-refractivity contribution is -0.129. The number of fused-ring (bicyclic) bond motifs is 1. The monoisotopic (exact) mass is 226 g/mol. The minimum absolute atomic E-state index is 0.00709. The molecule has 16 heavy (non-hydrogen) atoms. The van der Waals surface area contributed by atoms with Crippen molar-refractivity contribution in [1.29, 1.82) is 0 Å². The average Bonchev–Trinajstić information content (AvgIpc) is 2.94. The van der Waals surface area contributed by atoms with Crippen LogP contribution in [0, 0.1) is 11.8 Å². The molecule has 1 saturated carbocycles. The number of rotatable bonds is 2. The molecule has 2 heterocycles. The summed E-state index contributed by atoms with van der Waals surface area (Å²) in [4.78, 5) is 11.9. The van der Waals surface area contributed by atoms with Crippen molar-refractivity contribution in [2.75, 3.05) is 19.8 Å². The average molecular weight is 226 g/mol. The number of amides is 1. The molecule has 0 bridgehead atoms. The fourth-order valence-electron chi connectivity index (χ4n) is 2.95. The highest BCUT2D eigenvalue weighted by atomic mass is 16.5. The quantitative estimate of drug-likeness (QED) is 0.650. The fraction of sp³-hybridized carbons (Fsp3) is 0.909. The molecule has 2 aliphatic heterocycles. The number of carbonyl (C=O) groups excluding carboxylic acids is 1. The van der Waals surface area contributed by atoms with Gasteiger partial charge in [-0.25, -0.2) is 0 Å². The summed E-state index contributed by atoms with van der Waals surface area (Å²) in [5, 5.41) is 3.01. The van der Waals surface area contributed by atoms with Crippen LogP contribution in [0.5, 0.6) is 0 Å². The van der Waals surface area contributed by atoms with Crippen LogP contribution in [-0.2, 0) is 14.3 Å². The van der Waals surface area contributed by atoms with E-state index in [1.807, 2.05) is 0 Å². The molecular weight excluding hydrogens is 208 g/mol. The molecule has 0 aromatic rings. The number of nitrogens with one attached hydrogen (secondary N) is 1. The van der Waals surface area contributed by atoms with Crippen LogP contribution in [0.2, 0.25) is 0 Å². The van der Waals surface area contributed by atoms with Crippen LogP contribution in [0.15, 0.2) is 0 Å². The predicted octanol–water partition coefficient (Wildman–Crippen LogP) is -0.746. The Morgan fingerprint density at radius 2 is 2.19 bits per heavy atom. The van der Waals surface area contributed by atoms with E-state index < -0.39 is 0 Å². The Hall–Kier alpha value is -0.650. The van der Waals surface area contributed by atoms with Crippen molar-refractivity contribution in [1.82, 2.24) is 5.32 Å². The molecular formula is C11H18N2O3. The van der Waals surface area contributed by atoms with Crippen molar-refractivity contribution < 1.29 is 14.3 Å². The summed E-state index contributed by atoms with van der Waals surface area (Å²) in [5.41, 5.74) is 6.03. The fourth-order valence-corrected chi connectivity index (χ4v) is 2.95. The van der Waals surface area contributed by atoms with E-state index in [-0.39, 0.29) is 30.0 Å². The van der Waals surface area contributed by atoms with E-state index in [0.29, 0.717) is 19.1 Å². The van der Waals surface area contributed by atoms with Gasteiger partial charge in [0.25, 0.3) is 0 Å². The second-order valence-electron chi connectivity index (χ2n) is 4.96. The molecule has 1 aliphatic carbocycles. The Balaban J connectivity index is 1.56. The van der Waals surface area contributed by atoms with E-state index in [9.17, 15) is 4.79 Å². The van der Waals surface area contributed by atoms with Gasteiger partial charge in [-0.1, -0.05) is 0 Å². The van der Waals surface area contributed by atoms with Gasteiger partial charge in [0, 0.05) is 25.2 Å². The Labute approximate surface area is 94.6 Å². The Morgan fingerprint density at radius 1 is 1.31 bits per heavy atom. The lowest BCUT2D eigenvalue weighted by Crippen LogP contribution is -2.69. The van der Waals surface area contributed by atoms with Crippen molar-refractivity contribution in [3.05, 3.63) is 0 Å². The molecule has 0 aromatic carbocycles. The van der Waals surface area contributed by atoms with Gasteiger partial charge in [0.15, 0.2) is 0 Å². The Bertz CT molecular complexity index is 291. The summed E-state index contributed by atoms with van der Waals surface area (Å²) in [6.07, 6.45) is 2.01. The lowest BCUT2D eigenvalue weighted by Gasteiger charge is -2.45. The van der Waals surface area contributed by atoms with Crippen molar-refractivity contribution >= 4 is 5.91 Å². The zero-order chi connectivity index (χ0) is 11.1. The van der Waals surface area contributed by atoms with Gasteiger partial charge in [-0.2, -0.15) is 0 Å². The standard InChI is InChI=1S/C11H18N2O3/c12-8-7-2-4-16-10(7)9(8)13-11(14)6-1-3-15-5-6/h6-10H,1-5,12H2,(H,13,14). The number of nitrogens with two attached hydrogens (primary N) is 1. The molecule has 5 unspecified atom stereocenters. The first kappa shape index (κ1) is 10.5. The van der Waals surface area contributed by atoms with Gasteiger partial charge in [-0.3, -0.25) is 4.79 Å². The number of hydrogen-bond donors (Lipinski definition) is 2. The van der Waals surface area contributed by atoms with Crippen LogP contribution in [0.1, 0.15) is 12.8 Å². The predicted molar refractivity (Wildman–Crippen MR) is 56.7 cm³/mol. The van der Waals surface area contributed by atoms with Crippen LogP contribution >= 0.6 is 0 Å². The number of hydrogen-bond acceptors (Lipinski definition) is 4. The molecule has 0 spiro atoms. The maximum atomic E-state index is 11.9. The van der Waals surface area contributed by atoms with Crippen molar-refractivity contribution in [2.45, 2.75) is 31.0 Å². The molecule has 5 heteroatoms. The molecule has 0 radical (unpaired) electrons. The van der Waals surface area contributed by atoms with Crippen LogP contribution in [-0.4, -0.2) is 43.9 Å². The summed E-state index contributed by atoms with van der Waals surface area (Å²) in [5.74, 6) is 0.532. The maximum absolute atomic E-state index is 11.9. The molecule has 2 saturated heterocycles. The van der Waals surface area contributed by atoms with Gasteiger partial charge >= 0.3 is 0 Å². The van der Waals surface area contributed by atoms with Gasteiger partial charge in [-0.15, -0.1) is 0 Å². The zero-order valence-electron chi connectivity index (χ0n) is 9.22. The molecule has 3 fully saturated rings. The third-order valence-corrected chi connectivity index (χ3v) is 4.06. The molecule has 5 nitrogen and oxygen atoms in total.